The van der Waals surface area contributed by atoms with E-state index in [1.165, 1.54) is 47.6 Å². The number of ether oxygens (including phenoxy) is 2. The fourth-order valence-corrected chi connectivity index (χ4v) is 7.54. The molecule has 0 fully saturated rings. The van der Waals surface area contributed by atoms with E-state index in [9.17, 15) is 9.59 Å². The Bertz CT molecular complexity index is 2090. The molecule has 0 N–H and O–H groups in total. The summed E-state index contributed by atoms with van der Waals surface area (Å²) < 4.78 is 10.4. The second-order valence-electron chi connectivity index (χ2n) is 11.5. The molecule has 0 bridgehead atoms. The van der Waals surface area contributed by atoms with E-state index in [2.05, 4.69) is 91.0 Å². The highest BCUT2D eigenvalue weighted by molar-refractivity contribution is 6.07. The van der Waals surface area contributed by atoms with Crippen LogP contribution < -0.4 is 4.90 Å². The van der Waals surface area contributed by atoms with Gasteiger partial charge in [0.25, 0.3) is 0 Å². The molecule has 6 aromatic rings. The molecule has 2 aliphatic carbocycles. The smallest absolute Gasteiger partial charge is 0.340 e. The Labute approximate surface area is 267 Å². The van der Waals surface area contributed by atoms with Crippen LogP contribution in [-0.2, 0) is 14.9 Å². The number of para-hydroxylation sites is 2. The van der Waals surface area contributed by atoms with E-state index in [0.717, 1.165) is 22.5 Å². The van der Waals surface area contributed by atoms with Crippen LogP contribution in [0.3, 0.4) is 0 Å². The second kappa shape index (κ2) is 10.6. The number of carbonyl (C=O) groups excluding carboxylic acids is 2. The number of nitrogens with zero attached hydrogens (tertiary/aromatic N) is 1. The van der Waals surface area contributed by atoms with Crippen LogP contribution >= 0.6 is 0 Å². The number of rotatable bonds is 5. The lowest BCUT2D eigenvalue weighted by atomic mass is 9.70. The van der Waals surface area contributed by atoms with Crippen LogP contribution in [-0.4, -0.2) is 26.2 Å². The zero-order chi connectivity index (χ0) is 31.4. The topological polar surface area (TPSA) is 55.8 Å². The summed E-state index contributed by atoms with van der Waals surface area (Å²) in [5.41, 5.74) is 11.5. The number of esters is 2. The van der Waals surface area contributed by atoms with E-state index in [1.54, 1.807) is 18.2 Å². The summed E-state index contributed by atoms with van der Waals surface area (Å²) >= 11 is 0. The van der Waals surface area contributed by atoms with E-state index in [1.807, 2.05) is 35.2 Å². The van der Waals surface area contributed by atoms with Gasteiger partial charge < -0.3 is 14.4 Å². The average Bonchev–Trinajstić information content (AvgIpc) is 3.59. The lowest BCUT2D eigenvalue weighted by Gasteiger charge is -2.33. The van der Waals surface area contributed by atoms with Crippen LogP contribution in [0.25, 0.3) is 22.3 Å². The quantitative estimate of drug-likeness (QED) is 0.185. The van der Waals surface area contributed by atoms with Crippen molar-refractivity contribution >= 4 is 29.0 Å². The van der Waals surface area contributed by atoms with Gasteiger partial charge in [-0.25, -0.2) is 9.59 Å². The number of methoxy groups -OCH3 is 2. The molecule has 0 saturated carbocycles. The highest BCUT2D eigenvalue weighted by Crippen LogP contribution is 2.63. The van der Waals surface area contributed by atoms with Gasteiger partial charge in [0, 0.05) is 11.4 Å². The Hall–Kier alpha value is -5.94. The van der Waals surface area contributed by atoms with Gasteiger partial charge in [-0.2, -0.15) is 0 Å². The summed E-state index contributed by atoms with van der Waals surface area (Å²) in [6.45, 7) is 0. The predicted molar refractivity (Wildman–Crippen MR) is 180 cm³/mol. The molecule has 0 heterocycles. The monoisotopic (exact) mass is 599 g/mol. The molecule has 2 aliphatic rings. The van der Waals surface area contributed by atoms with Gasteiger partial charge in [0.2, 0.25) is 0 Å². The van der Waals surface area contributed by atoms with Crippen LogP contribution in [0, 0.1) is 0 Å². The highest BCUT2D eigenvalue weighted by atomic mass is 16.5. The predicted octanol–water partition coefficient (Wildman–Crippen LogP) is 9.07. The molecule has 0 aromatic heterocycles. The molecule has 0 radical (unpaired) electrons. The molecule has 0 amide bonds. The molecular weight excluding hydrogens is 570 g/mol. The van der Waals surface area contributed by atoms with Crippen LogP contribution in [0.15, 0.2) is 140 Å². The molecule has 0 atom stereocenters. The summed E-state index contributed by atoms with van der Waals surface area (Å²) in [6.07, 6.45) is 0. The largest absolute Gasteiger partial charge is 0.465 e. The third-order valence-corrected chi connectivity index (χ3v) is 9.32. The lowest BCUT2D eigenvalue weighted by Crippen LogP contribution is -2.26. The second-order valence-corrected chi connectivity index (χ2v) is 11.5. The molecule has 1 spiro atoms. The van der Waals surface area contributed by atoms with Crippen molar-refractivity contribution in [1.29, 1.82) is 0 Å². The maximum absolute atomic E-state index is 13.3. The summed E-state index contributed by atoms with van der Waals surface area (Å²) in [5.74, 6) is -1.10. The Morgan fingerprint density at radius 2 is 0.935 bits per heavy atom. The SMILES string of the molecule is COC(=O)c1cccc(C(=O)OC)c1N(c1ccccc1)c1ccc2c(c1)C1(c3ccccc3-c3ccccc31)c1ccccc1-2. The van der Waals surface area contributed by atoms with E-state index < -0.39 is 17.4 Å². The molecule has 46 heavy (non-hydrogen) atoms. The first-order valence-electron chi connectivity index (χ1n) is 15.2. The number of carbonyl (C=O) groups is 2. The van der Waals surface area contributed by atoms with Crippen molar-refractivity contribution in [3.05, 3.63) is 173 Å². The van der Waals surface area contributed by atoms with Gasteiger partial charge >= 0.3 is 11.9 Å². The normalized spacial score (nSPS) is 12.9. The Morgan fingerprint density at radius 1 is 0.478 bits per heavy atom. The fourth-order valence-electron chi connectivity index (χ4n) is 7.54. The van der Waals surface area contributed by atoms with Gasteiger partial charge in [-0.15, -0.1) is 0 Å². The number of hydrogen-bond donors (Lipinski definition) is 0. The van der Waals surface area contributed by atoms with Crippen molar-refractivity contribution in [1.82, 2.24) is 0 Å². The maximum Gasteiger partial charge on any atom is 0.340 e. The van der Waals surface area contributed by atoms with E-state index in [4.69, 9.17) is 9.47 Å². The summed E-state index contributed by atoms with van der Waals surface area (Å²) in [5, 5.41) is 0. The molecule has 5 nitrogen and oxygen atoms in total. The van der Waals surface area contributed by atoms with E-state index in [0.29, 0.717) is 5.69 Å². The number of benzene rings is 6. The molecule has 222 valence electrons. The van der Waals surface area contributed by atoms with Gasteiger partial charge in [-0.3, -0.25) is 0 Å². The van der Waals surface area contributed by atoms with Crippen molar-refractivity contribution in [3.8, 4) is 22.3 Å². The highest BCUT2D eigenvalue weighted by Gasteiger charge is 2.51. The van der Waals surface area contributed by atoms with E-state index >= 15 is 0 Å². The van der Waals surface area contributed by atoms with Gasteiger partial charge in [0.1, 0.15) is 0 Å². The van der Waals surface area contributed by atoms with Crippen LogP contribution in [0.1, 0.15) is 43.0 Å². The lowest BCUT2D eigenvalue weighted by molar-refractivity contribution is 0.0601. The van der Waals surface area contributed by atoms with Gasteiger partial charge in [-0.1, -0.05) is 103 Å². The van der Waals surface area contributed by atoms with E-state index in [-0.39, 0.29) is 11.1 Å². The van der Waals surface area contributed by atoms with Crippen molar-refractivity contribution in [2.75, 3.05) is 19.1 Å². The first kappa shape index (κ1) is 27.6. The number of fused-ring (bicyclic) bond motifs is 10. The minimum Gasteiger partial charge on any atom is -0.465 e. The van der Waals surface area contributed by atoms with Crippen molar-refractivity contribution in [2.45, 2.75) is 5.41 Å². The standard InChI is InChI=1S/C41H29NO4/c1-45-39(43)32-18-12-19-33(40(44)46-2)38(32)42(26-13-4-3-5-14-26)27-23-24-31-30-17-8-11-22-36(30)41(37(31)25-27)34-20-9-6-15-28(34)29-16-7-10-21-35(29)41/h3-25H,1-2H3. The van der Waals surface area contributed by atoms with Crippen molar-refractivity contribution in [2.24, 2.45) is 0 Å². The summed E-state index contributed by atoms with van der Waals surface area (Å²) in [6, 6.07) is 47.2. The Morgan fingerprint density at radius 3 is 1.43 bits per heavy atom. The first-order valence-corrected chi connectivity index (χ1v) is 15.2. The molecule has 5 heteroatoms. The molecule has 0 saturated heterocycles. The minimum absolute atomic E-state index is 0.254. The third kappa shape index (κ3) is 3.75. The Kier molecular flexibility index (Phi) is 6.36. The number of hydrogen-bond acceptors (Lipinski definition) is 5. The zero-order valence-electron chi connectivity index (χ0n) is 25.4. The third-order valence-electron chi connectivity index (χ3n) is 9.32. The van der Waals surface area contributed by atoms with Crippen LogP contribution in [0.2, 0.25) is 0 Å². The Balaban J connectivity index is 1.47. The number of anilines is 3. The molecule has 0 unspecified atom stereocenters. The van der Waals surface area contributed by atoms with Crippen molar-refractivity contribution < 1.29 is 19.1 Å². The van der Waals surface area contributed by atoms with Gasteiger partial charge in [0.15, 0.2) is 0 Å². The molecule has 8 rings (SSSR count). The zero-order valence-corrected chi connectivity index (χ0v) is 25.4. The molecule has 6 aromatic carbocycles. The average molecular weight is 600 g/mol. The summed E-state index contributed by atoms with van der Waals surface area (Å²) in [4.78, 5) is 28.5. The fraction of sp³-hybridized carbons (Fsp3) is 0.0732. The summed E-state index contributed by atoms with van der Waals surface area (Å²) in [7, 11) is 2.68. The molecule has 0 aliphatic heterocycles. The van der Waals surface area contributed by atoms with Crippen LogP contribution in [0.4, 0.5) is 17.1 Å². The van der Waals surface area contributed by atoms with Gasteiger partial charge in [0.05, 0.1) is 36.4 Å². The van der Waals surface area contributed by atoms with Crippen molar-refractivity contribution in [3.63, 3.8) is 0 Å². The molecular formula is C41H29NO4. The van der Waals surface area contributed by atoms with Gasteiger partial charge in [-0.05, 0) is 80.9 Å². The van der Waals surface area contributed by atoms with Crippen LogP contribution in [0.5, 0.6) is 0 Å². The maximum atomic E-state index is 13.3. The minimum atomic E-state index is -0.551. The first-order chi connectivity index (χ1) is 22.6.